The molecule has 1 aromatic heterocycles. The first-order chi connectivity index (χ1) is 9.99. The molecule has 0 unspecified atom stereocenters. The smallest absolute Gasteiger partial charge is 0.346 e. The molecule has 0 saturated heterocycles. The maximum atomic E-state index is 12.3. The summed E-state index contributed by atoms with van der Waals surface area (Å²) in [5, 5.41) is 0.412. The molecule has 7 nitrogen and oxygen atoms in total. The van der Waals surface area contributed by atoms with E-state index < -0.39 is 11.7 Å². The minimum Gasteiger partial charge on any atom is -0.462 e. The Morgan fingerprint density at radius 2 is 2.14 bits per heavy atom. The molecule has 8 heteroatoms. The van der Waals surface area contributed by atoms with Gasteiger partial charge < -0.3 is 10.5 Å². The number of rotatable bonds is 4. The molecule has 1 aromatic rings. The number of allylic oxidation sites excluding steroid dienone is 1. The largest absolute Gasteiger partial charge is 0.462 e. The fourth-order valence-corrected chi connectivity index (χ4v) is 3.00. The Balaban J connectivity index is 2.46. The Morgan fingerprint density at radius 3 is 2.76 bits per heavy atom. The van der Waals surface area contributed by atoms with Gasteiger partial charge in [-0.05, 0) is 13.3 Å². The van der Waals surface area contributed by atoms with Gasteiger partial charge >= 0.3 is 11.7 Å². The van der Waals surface area contributed by atoms with Crippen molar-refractivity contribution < 1.29 is 9.53 Å². The number of fused-ring (bicyclic) bond motifs is 1. The van der Waals surface area contributed by atoms with Gasteiger partial charge in [0.2, 0.25) is 0 Å². The highest BCUT2D eigenvalue weighted by molar-refractivity contribution is 8.04. The Bertz CT molecular complexity index is 717. The van der Waals surface area contributed by atoms with Crippen molar-refractivity contribution in [3.63, 3.8) is 0 Å². The number of nitrogens with zero attached hydrogens (tertiary/aromatic N) is 2. The zero-order valence-electron chi connectivity index (χ0n) is 11.9. The van der Waals surface area contributed by atoms with Crippen LogP contribution in [0, 0.1) is 0 Å². The van der Waals surface area contributed by atoms with Crippen LogP contribution in [0.3, 0.4) is 0 Å². The van der Waals surface area contributed by atoms with E-state index in [1.807, 2.05) is 6.92 Å². The fraction of sp³-hybridized carbons (Fsp3) is 0.462. The van der Waals surface area contributed by atoms with E-state index in [0.717, 1.165) is 11.8 Å². The average Bonchev–Trinajstić information content (AvgIpc) is 2.44. The second-order valence-electron chi connectivity index (χ2n) is 4.52. The maximum absolute atomic E-state index is 12.3. The van der Waals surface area contributed by atoms with E-state index in [0.29, 0.717) is 18.0 Å². The van der Waals surface area contributed by atoms with Gasteiger partial charge in [-0.2, -0.15) is 0 Å². The highest BCUT2D eigenvalue weighted by Gasteiger charge is 2.25. The number of aromatic nitrogens is 2. The summed E-state index contributed by atoms with van der Waals surface area (Å²) in [6.07, 6.45) is 0.682. The first kappa shape index (κ1) is 15.4. The molecular weight excluding hydrogens is 294 g/mol. The highest BCUT2D eigenvalue weighted by atomic mass is 32.2. The first-order valence-corrected chi connectivity index (χ1v) is 7.49. The van der Waals surface area contributed by atoms with Crippen LogP contribution >= 0.6 is 11.8 Å². The van der Waals surface area contributed by atoms with Crippen molar-refractivity contribution in [3.8, 4) is 0 Å². The summed E-state index contributed by atoms with van der Waals surface area (Å²) < 4.78 is 7.50. The number of carbonyl (C=O) groups excluding carboxylic acids is 1. The monoisotopic (exact) mass is 311 g/mol. The molecule has 0 aliphatic carbocycles. The van der Waals surface area contributed by atoms with Crippen LogP contribution in [-0.2, 0) is 22.6 Å². The van der Waals surface area contributed by atoms with Crippen LogP contribution in [-0.4, -0.2) is 21.7 Å². The van der Waals surface area contributed by atoms with Crippen LogP contribution in [0.5, 0.6) is 0 Å². The van der Waals surface area contributed by atoms with E-state index in [9.17, 15) is 14.4 Å². The molecule has 114 valence electrons. The topological polar surface area (TPSA) is 96.3 Å². The van der Waals surface area contributed by atoms with Crippen molar-refractivity contribution in [2.45, 2.75) is 38.4 Å². The molecule has 2 N–H and O–H groups in total. The second-order valence-corrected chi connectivity index (χ2v) is 5.55. The normalized spacial score (nSPS) is 14.0. The van der Waals surface area contributed by atoms with E-state index in [4.69, 9.17) is 10.5 Å². The van der Waals surface area contributed by atoms with Gasteiger partial charge in [-0.3, -0.25) is 13.9 Å². The number of carbonyl (C=O) groups is 1. The number of ether oxygens (including phenoxy) is 1. The molecule has 2 rings (SSSR count). The zero-order chi connectivity index (χ0) is 15.6. The van der Waals surface area contributed by atoms with Gasteiger partial charge in [-0.15, -0.1) is 0 Å². The minimum absolute atomic E-state index is 0.0826. The number of hydrogen-bond donors (Lipinski definition) is 1. The van der Waals surface area contributed by atoms with Gasteiger partial charge in [-0.1, -0.05) is 18.7 Å². The number of nitrogens with two attached hydrogens (primary N) is 1. The predicted octanol–water partition coefficient (Wildman–Crippen LogP) is 0.259. The lowest BCUT2D eigenvalue weighted by molar-refractivity contribution is -0.137. The summed E-state index contributed by atoms with van der Waals surface area (Å²) in [5.41, 5.74) is 5.36. The molecule has 0 spiro atoms. The van der Waals surface area contributed by atoms with Gasteiger partial charge in [0.1, 0.15) is 4.91 Å². The van der Waals surface area contributed by atoms with Gasteiger partial charge in [0, 0.05) is 12.6 Å². The van der Waals surface area contributed by atoms with Crippen molar-refractivity contribution in [1.29, 1.82) is 0 Å². The summed E-state index contributed by atoms with van der Waals surface area (Å²) >= 11 is 0.998. The molecule has 21 heavy (non-hydrogen) atoms. The lowest BCUT2D eigenvalue weighted by Gasteiger charge is -2.21. The van der Waals surface area contributed by atoms with E-state index >= 15 is 0 Å². The quantitative estimate of drug-likeness (QED) is 0.633. The van der Waals surface area contributed by atoms with Gasteiger partial charge in [0.15, 0.2) is 0 Å². The van der Waals surface area contributed by atoms with Crippen LogP contribution in [0.15, 0.2) is 31.3 Å². The van der Waals surface area contributed by atoms with Crippen LogP contribution in [0.25, 0.3) is 0 Å². The van der Waals surface area contributed by atoms with Crippen molar-refractivity contribution in [2.75, 3.05) is 6.61 Å². The Hall–Kier alpha value is -1.96. The molecular formula is C13H17N3O4S. The lowest BCUT2D eigenvalue weighted by Crippen LogP contribution is -2.42. The van der Waals surface area contributed by atoms with E-state index in [-0.39, 0.29) is 29.3 Å². The summed E-state index contributed by atoms with van der Waals surface area (Å²) in [4.78, 5) is 36.3. The van der Waals surface area contributed by atoms with Crippen LogP contribution in [0.2, 0.25) is 0 Å². The molecule has 0 saturated carbocycles. The molecule has 0 radical (unpaired) electrons. The summed E-state index contributed by atoms with van der Waals surface area (Å²) in [7, 11) is 0. The van der Waals surface area contributed by atoms with E-state index in [2.05, 4.69) is 0 Å². The second kappa shape index (κ2) is 6.21. The SMILES string of the molecule is CCCn1c(=O)cc2n(c1=O)CC(N)=C(C(=O)OCC)S2. The summed E-state index contributed by atoms with van der Waals surface area (Å²) in [6, 6.07) is 1.35. The van der Waals surface area contributed by atoms with Crippen molar-refractivity contribution in [1.82, 2.24) is 9.13 Å². The maximum Gasteiger partial charge on any atom is 0.346 e. The number of thioether (sulfide) groups is 1. The molecule has 0 bridgehead atoms. The average molecular weight is 311 g/mol. The third kappa shape index (κ3) is 2.90. The molecule has 0 amide bonds. The number of hydrogen-bond acceptors (Lipinski definition) is 6. The van der Waals surface area contributed by atoms with E-state index in [1.165, 1.54) is 15.2 Å². The zero-order valence-corrected chi connectivity index (χ0v) is 12.7. The molecule has 2 heterocycles. The predicted molar refractivity (Wildman–Crippen MR) is 79.0 cm³/mol. The third-order valence-electron chi connectivity index (χ3n) is 2.98. The van der Waals surface area contributed by atoms with Crippen molar-refractivity contribution >= 4 is 17.7 Å². The Kier molecular flexibility index (Phi) is 4.56. The van der Waals surface area contributed by atoms with Gasteiger partial charge in [0.25, 0.3) is 5.56 Å². The van der Waals surface area contributed by atoms with Crippen molar-refractivity contribution in [3.05, 3.63) is 37.5 Å². The molecule has 0 fully saturated rings. The lowest BCUT2D eigenvalue weighted by atomic mass is 10.3. The van der Waals surface area contributed by atoms with E-state index in [1.54, 1.807) is 6.92 Å². The fourth-order valence-electron chi connectivity index (χ4n) is 2.04. The Labute approximate surface area is 125 Å². The summed E-state index contributed by atoms with van der Waals surface area (Å²) in [5.74, 6) is -0.531. The first-order valence-electron chi connectivity index (χ1n) is 6.67. The summed E-state index contributed by atoms with van der Waals surface area (Å²) in [6.45, 7) is 4.26. The van der Waals surface area contributed by atoms with Crippen LogP contribution in [0.1, 0.15) is 20.3 Å². The van der Waals surface area contributed by atoms with Gasteiger partial charge in [-0.25, -0.2) is 9.59 Å². The van der Waals surface area contributed by atoms with Crippen LogP contribution < -0.4 is 17.0 Å². The standard InChI is InChI=1S/C13H17N3O4S/c1-3-5-15-9(17)6-10-16(13(15)19)7-8(14)11(21-10)12(18)20-4-2/h6H,3-5,7,14H2,1-2H3. The minimum atomic E-state index is -0.531. The Morgan fingerprint density at radius 1 is 1.43 bits per heavy atom. The van der Waals surface area contributed by atoms with Gasteiger partial charge in [0.05, 0.1) is 23.9 Å². The molecule has 1 aliphatic heterocycles. The molecule has 0 aromatic carbocycles. The third-order valence-corrected chi connectivity index (χ3v) is 4.16. The highest BCUT2D eigenvalue weighted by Crippen LogP contribution is 2.31. The molecule has 1 aliphatic rings. The van der Waals surface area contributed by atoms with Crippen LogP contribution in [0.4, 0.5) is 0 Å². The number of esters is 1. The van der Waals surface area contributed by atoms with Crippen molar-refractivity contribution in [2.24, 2.45) is 5.73 Å². The molecule has 0 atom stereocenters.